The maximum Gasteiger partial charge on any atom is 0.356 e. The lowest BCUT2D eigenvalue weighted by atomic mass is 10.1. The van der Waals surface area contributed by atoms with E-state index in [1.165, 1.54) is 10.7 Å². The number of aromatic carboxylic acids is 1. The quantitative estimate of drug-likeness (QED) is 0.700. The number of hydrogen-bond acceptors (Lipinski definition) is 4. The van der Waals surface area contributed by atoms with Gasteiger partial charge in [-0.2, -0.15) is 5.10 Å². The molecule has 0 radical (unpaired) electrons. The van der Waals surface area contributed by atoms with Crippen LogP contribution in [0.3, 0.4) is 0 Å². The summed E-state index contributed by atoms with van der Waals surface area (Å²) in [7, 11) is 1.57. The number of aryl methyl sites for hydroxylation is 2. The molecule has 2 rings (SSSR count). The summed E-state index contributed by atoms with van der Waals surface area (Å²) in [5.74, 6) is -1.65. The molecule has 18 heavy (non-hydrogen) atoms. The molecule has 0 aliphatic carbocycles. The van der Waals surface area contributed by atoms with Crippen molar-refractivity contribution in [3.05, 3.63) is 29.5 Å². The highest BCUT2D eigenvalue weighted by atomic mass is 16.4. The molecule has 0 spiro atoms. The molecule has 1 heterocycles. The Morgan fingerprint density at radius 3 is 2.50 bits per heavy atom. The summed E-state index contributed by atoms with van der Waals surface area (Å²) >= 11 is 0. The molecule has 0 bridgehead atoms. The van der Waals surface area contributed by atoms with Crippen molar-refractivity contribution in [3.8, 4) is 22.8 Å². The largest absolute Gasteiger partial charge is 0.504 e. The fourth-order valence-electron chi connectivity index (χ4n) is 1.71. The fourth-order valence-corrected chi connectivity index (χ4v) is 1.71. The molecule has 94 valence electrons. The van der Waals surface area contributed by atoms with Gasteiger partial charge in [-0.3, -0.25) is 4.68 Å². The Balaban J connectivity index is 2.62. The third kappa shape index (κ3) is 1.77. The highest BCUT2D eigenvalue weighted by molar-refractivity contribution is 5.87. The normalized spacial score (nSPS) is 10.6. The van der Waals surface area contributed by atoms with Crippen molar-refractivity contribution in [3.63, 3.8) is 0 Å². The zero-order valence-corrected chi connectivity index (χ0v) is 9.88. The van der Waals surface area contributed by atoms with Crippen LogP contribution in [0.2, 0.25) is 0 Å². The second kappa shape index (κ2) is 4.06. The molecular weight excluding hydrogens is 236 g/mol. The average molecular weight is 248 g/mol. The molecule has 0 aliphatic rings. The van der Waals surface area contributed by atoms with E-state index in [2.05, 4.69) is 5.10 Å². The molecule has 6 nitrogen and oxygen atoms in total. The van der Waals surface area contributed by atoms with Crippen LogP contribution >= 0.6 is 0 Å². The third-order valence-corrected chi connectivity index (χ3v) is 2.73. The molecule has 0 aliphatic heterocycles. The molecule has 0 saturated carbocycles. The summed E-state index contributed by atoms with van der Waals surface area (Å²) in [6.07, 6.45) is 0. The minimum absolute atomic E-state index is 0.119. The maximum atomic E-state index is 10.8. The standard InChI is InChI=1S/C12H12N2O4/c1-6-3-4-7(11(16)10(6)15)9-5-8(12(17)18)13-14(9)2/h3-5,15-16H,1-2H3,(H,17,18). The lowest BCUT2D eigenvalue weighted by Gasteiger charge is -2.08. The zero-order valence-electron chi connectivity index (χ0n) is 9.88. The summed E-state index contributed by atoms with van der Waals surface area (Å²) in [4.78, 5) is 10.8. The van der Waals surface area contributed by atoms with Crippen LogP contribution in [0.4, 0.5) is 0 Å². The van der Waals surface area contributed by atoms with Crippen LogP contribution in [-0.2, 0) is 7.05 Å². The van der Waals surface area contributed by atoms with Crippen molar-refractivity contribution in [1.82, 2.24) is 9.78 Å². The minimum Gasteiger partial charge on any atom is -0.504 e. The fraction of sp³-hybridized carbons (Fsp3) is 0.167. The number of carboxylic acid groups (broad SMARTS) is 1. The zero-order chi connectivity index (χ0) is 13.4. The van der Waals surface area contributed by atoms with Crippen molar-refractivity contribution in [2.75, 3.05) is 0 Å². The number of carboxylic acids is 1. The van der Waals surface area contributed by atoms with E-state index in [1.807, 2.05) is 0 Å². The first-order chi connectivity index (χ1) is 8.41. The number of aromatic hydroxyl groups is 2. The van der Waals surface area contributed by atoms with Crippen molar-refractivity contribution < 1.29 is 20.1 Å². The Kier molecular flexibility index (Phi) is 2.70. The van der Waals surface area contributed by atoms with Crippen LogP contribution in [0, 0.1) is 6.92 Å². The van der Waals surface area contributed by atoms with Gasteiger partial charge < -0.3 is 15.3 Å². The number of phenolic OH excluding ortho intramolecular Hbond substituents is 2. The van der Waals surface area contributed by atoms with Crippen LogP contribution in [0.5, 0.6) is 11.5 Å². The summed E-state index contributed by atoms with van der Waals surface area (Å²) in [5.41, 5.74) is 1.17. The molecule has 2 aromatic rings. The van der Waals surface area contributed by atoms with E-state index in [1.54, 1.807) is 26.1 Å². The van der Waals surface area contributed by atoms with Gasteiger partial charge >= 0.3 is 5.97 Å². The SMILES string of the molecule is Cc1ccc(-c2cc(C(=O)O)nn2C)c(O)c1O. The molecule has 0 fully saturated rings. The third-order valence-electron chi connectivity index (χ3n) is 2.73. The molecule has 0 atom stereocenters. The van der Waals surface area contributed by atoms with Gasteiger partial charge in [-0.15, -0.1) is 0 Å². The van der Waals surface area contributed by atoms with E-state index >= 15 is 0 Å². The number of hydrogen-bond donors (Lipinski definition) is 3. The monoisotopic (exact) mass is 248 g/mol. The molecule has 0 unspecified atom stereocenters. The molecule has 6 heteroatoms. The Bertz CT molecular complexity index is 631. The highest BCUT2D eigenvalue weighted by Gasteiger charge is 2.17. The van der Waals surface area contributed by atoms with Crippen LogP contribution in [0.1, 0.15) is 16.1 Å². The molecule has 0 amide bonds. The number of nitrogens with zero attached hydrogens (tertiary/aromatic N) is 2. The summed E-state index contributed by atoms with van der Waals surface area (Å²) in [6, 6.07) is 4.58. The van der Waals surface area contributed by atoms with Crippen molar-refractivity contribution in [2.45, 2.75) is 6.92 Å². The Morgan fingerprint density at radius 1 is 1.28 bits per heavy atom. The topological polar surface area (TPSA) is 95.6 Å². The number of phenols is 2. The first kappa shape index (κ1) is 12.0. The Labute approximate surface area is 103 Å². The van der Waals surface area contributed by atoms with Crippen molar-refractivity contribution >= 4 is 5.97 Å². The van der Waals surface area contributed by atoms with Crippen LogP contribution in [0.15, 0.2) is 18.2 Å². The van der Waals surface area contributed by atoms with Crippen molar-refractivity contribution in [1.29, 1.82) is 0 Å². The van der Waals surface area contributed by atoms with Gasteiger partial charge in [0.05, 0.1) is 5.69 Å². The molecular formula is C12H12N2O4. The minimum atomic E-state index is -1.15. The Morgan fingerprint density at radius 2 is 1.94 bits per heavy atom. The van der Waals surface area contributed by atoms with E-state index in [-0.39, 0.29) is 17.2 Å². The van der Waals surface area contributed by atoms with E-state index in [0.29, 0.717) is 16.8 Å². The van der Waals surface area contributed by atoms with Crippen LogP contribution < -0.4 is 0 Å². The first-order valence-corrected chi connectivity index (χ1v) is 5.21. The van der Waals surface area contributed by atoms with Gasteiger partial charge in [0, 0.05) is 12.6 Å². The summed E-state index contributed by atoms with van der Waals surface area (Å²) in [6.45, 7) is 1.66. The second-order valence-corrected chi connectivity index (χ2v) is 3.97. The molecule has 1 aromatic heterocycles. The first-order valence-electron chi connectivity index (χ1n) is 5.21. The van der Waals surface area contributed by atoms with E-state index < -0.39 is 5.97 Å². The smallest absolute Gasteiger partial charge is 0.356 e. The molecule has 0 saturated heterocycles. The molecule has 3 N–H and O–H groups in total. The number of carbonyl (C=O) groups is 1. The highest BCUT2D eigenvalue weighted by Crippen LogP contribution is 2.38. The van der Waals surface area contributed by atoms with Gasteiger partial charge in [-0.25, -0.2) is 4.79 Å². The van der Waals surface area contributed by atoms with Gasteiger partial charge in [0.2, 0.25) is 0 Å². The second-order valence-electron chi connectivity index (χ2n) is 3.97. The van der Waals surface area contributed by atoms with E-state index in [0.717, 1.165) is 0 Å². The van der Waals surface area contributed by atoms with Gasteiger partial charge in [-0.05, 0) is 24.6 Å². The van der Waals surface area contributed by atoms with Crippen LogP contribution in [0.25, 0.3) is 11.3 Å². The predicted molar refractivity (Wildman–Crippen MR) is 63.7 cm³/mol. The van der Waals surface area contributed by atoms with E-state index in [9.17, 15) is 15.0 Å². The summed E-state index contributed by atoms with van der Waals surface area (Å²) < 4.78 is 1.34. The Hall–Kier alpha value is -2.50. The van der Waals surface area contributed by atoms with E-state index in [4.69, 9.17) is 5.11 Å². The lowest BCUT2D eigenvalue weighted by molar-refractivity contribution is 0.0689. The maximum absolute atomic E-state index is 10.8. The van der Waals surface area contributed by atoms with Gasteiger partial charge in [-0.1, -0.05) is 6.07 Å². The lowest BCUT2D eigenvalue weighted by Crippen LogP contribution is -1.99. The van der Waals surface area contributed by atoms with Gasteiger partial charge in [0.1, 0.15) is 0 Å². The number of benzene rings is 1. The van der Waals surface area contributed by atoms with Crippen molar-refractivity contribution in [2.24, 2.45) is 7.05 Å². The van der Waals surface area contributed by atoms with Gasteiger partial charge in [0.25, 0.3) is 0 Å². The average Bonchev–Trinajstić information content (AvgIpc) is 2.69. The molecule has 1 aromatic carbocycles. The predicted octanol–water partition coefficient (Wildman–Crippen LogP) is 1.50. The van der Waals surface area contributed by atoms with Gasteiger partial charge in [0.15, 0.2) is 17.2 Å². The number of rotatable bonds is 2. The number of aromatic nitrogens is 2. The van der Waals surface area contributed by atoms with Crippen LogP contribution in [-0.4, -0.2) is 31.1 Å². The summed E-state index contributed by atoms with van der Waals surface area (Å²) in [5, 5.41) is 32.2.